The van der Waals surface area contributed by atoms with Crippen LogP contribution in [0.4, 0.5) is 0 Å². The summed E-state index contributed by atoms with van der Waals surface area (Å²) in [6, 6.07) is 19.0. The summed E-state index contributed by atoms with van der Waals surface area (Å²) >= 11 is 0. The number of fused-ring (bicyclic) bond motifs is 2. The van der Waals surface area contributed by atoms with Gasteiger partial charge in [-0.15, -0.1) is 0 Å². The minimum atomic E-state index is -0.205. The van der Waals surface area contributed by atoms with Crippen LogP contribution in [0.2, 0.25) is 0 Å². The van der Waals surface area contributed by atoms with Gasteiger partial charge in [-0.05, 0) is 37.1 Å². The Morgan fingerprint density at radius 2 is 1.95 bits per heavy atom. The summed E-state index contributed by atoms with van der Waals surface area (Å²) in [6.07, 6.45) is 3.30. The molecule has 5 aromatic rings. The van der Waals surface area contributed by atoms with E-state index in [-0.39, 0.29) is 17.7 Å². The van der Waals surface area contributed by atoms with Crippen LogP contribution in [0.3, 0.4) is 0 Å². The average molecular weight is 520 g/mol. The van der Waals surface area contributed by atoms with Crippen LogP contribution in [0.15, 0.2) is 71.4 Å². The van der Waals surface area contributed by atoms with Gasteiger partial charge < -0.3 is 19.4 Å². The zero-order valence-electron chi connectivity index (χ0n) is 21.5. The summed E-state index contributed by atoms with van der Waals surface area (Å²) in [7, 11) is 0. The molecule has 9 nitrogen and oxygen atoms in total. The van der Waals surface area contributed by atoms with Crippen molar-refractivity contribution in [2.45, 2.75) is 20.4 Å². The predicted octanol–water partition coefficient (Wildman–Crippen LogP) is 5.02. The summed E-state index contributed by atoms with van der Waals surface area (Å²) in [5.74, 6) is 1.13. The lowest BCUT2D eigenvalue weighted by molar-refractivity contribution is 0.0576. The second-order valence-electron chi connectivity index (χ2n) is 9.65. The van der Waals surface area contributed by atoms with Crippen LogP contribution in [0.1, 0.15) is 37.6 Å². The van der Waals surface area contributed by atoms with Crippen molar-refractivity contribution in [3.05, 3.63) is 95.0 Å². The monoisotopic (exact) mass is 519 g/mol. The molecule has 194 valence electrons. The van der Waals surface area contributed by atoms with Crippen molar-refractivity contribution in [2.24, 2.45) is 5.92 Å². The van der Waals surface area contributed by atoms with Crippen molar-refractivity contribution in [3.63, 3.8) is 0 Å². The Labute approximate surface area is 224 Å². The Morgan fingerprint density at radius 1 is 1.15 bits per heavy atom. The highest BCUT2D eigenvalue weighted by Crippen LogP contribution is 2.34. The third kappa shape index (κ3) is 4.36. The zero-order chi connectivity index (χ0) is 27.1. The van der Waals surface area contributed by atoms with E-state index >= 15 is 0 Å². The molecule has 1 saturated heterocycles. The number of ether oxygens (including phenoxy) is 1. The third-order valence-corrected chi connectivity index (χ3v) is 7.06. The molecule has 6 rings (SSSR count). The largest absolute Gasteiger partial charge is 0.460 e. The molecule has 4 heterocycles. The van der Waals surface area contributed by atoms with E-state index in [4.69, 9.17) is 14.4 Å². The zero-order valence-corrected chi connectivity index (χ0v) is 21.5. The molecule has 0 bridgehead atoms. The van der Waals surface area contributed by atoms with Crippen LogP contribution in [-0.2, 0) is 6.54 Å². The topological polar surface area (TPSA) is 113 Å². The number of nitriles is 1. The average Bonchev–Trinajstić information content (AvgIpc) is 3.43. The summed E-state index contributed by atoms with van der Waals surface area (Å²) < 4.78 is 13.8. The van der Waals surface area contributed by atoms with Crippen LogP contribution in [0.5, 0.6) is 11.5 Å². The van der Waals surface area contributed by atoms with Crippen molar-refractivity contribution in [2.75, 3.05) is 13.1 Å². The van der Waals surface area contributed by atoms with E-state index in [1.807, 2.05) is 43.3 Å². The van der Waals surface area contributed by atoms with Crippen molar-refractivity contribution in [1.82, 2.24) is 19.8 Å². The lowest BCUT2D eigenvalue weighted by atomic mass is 10.0. The van der Waals surface area contributed by atoms with Crippen molar-refractivity contribution in [1.29, 1.82) is 5.26 Å². The van der Waals surface area contributed by atoms with Crippen LogP contribution in [-0.4, -0.2) is 39.4 Å². The van der Waals surface area contributed by atoms with Gasteiger partial charge in [0.05, 0.1) is 29.3 Å². The lowest BCUT2D eigenvalue weighted by Gasteiger charge is -2.35. The fourth-order valence-corrected chi connectivity index (χ4v) is 4.96. The van der Waals surface area contributed by atoms with Crippen LogP contribution in [0.25, 0.3) is 16.5 Å². The third-order valence-electron chi connectivity index (χ3n) is 7.06. The van der Waals surface area contributed by atoms with Gasteiger partial charge in [-0.3, -0.25) is 9.59 Å². The number of nitrogens with one attached hydrogen (secondary N) is 1. The number of aryl methyl sites for hydroxylation is 2. The van der Waals surface area contributed by atoms with Gasteiger partial charge in [0.1, 0.15) is 22.6 Å². The van der Waals surface area contributed by atoms with E-state index in [1.54, 1.807) is 46.9 Å². The van der Waals surface area contributed by atoms with Gasteiger partial charge in [-0.25, -0.2) is 4.52 Å². The number of amides is 2. The Morgan fingerprint density at radius 3 is 2.72 bits per heavy atom. The Bertz CT molecular complexity index is 1770. The van der Waals surface area contributed by atoms with E-state index in [0.29, 0.717) is 64.5 Å². The molecule has 1 aliphatic rings. The van der Waals surface area contributed by atoms with E-state index in [9.17, 15) is 9.59 Å². The van der Waals surface area contributed by atoms with Crippen molar-refractivity contribution < 1.29 is 18.7 Å². The number of likely N-dealkylation sites (tertiary alicyclic amines) is 1. The quantitative estimate of drug-likeness (QED) is 0.337. The standard InChI is InChI=1S/C30H25N5O4/c1-18-24(30(37)34-15-21(13-31)16-34)17-35-28(18)25(10-11-33-35)39-22-8-9-23-26(12-22)38-19(2)27(23)29(36)32-14-20-6-4-3-5-7-20/h3-12,17,21H,14-16H2,1-2H3,(H,32,36). The Balaban J connectivity index is 1.25. The molecule has 3 aromatic heterocycles. The molecular weight excluding hydrogens is 494 g/mol. The van der Waals surface area contributed by atoms with E-state index in [0.717, 1.165) is 11.1 Å². The number of carbonyl (C=O) groups excluding carboxylic acids is 2. The molecule has 1 N–H and O–H groups in total. The number of furan rings is 1. The van der Waals surface area contributed by atoms with E-state index in [1.165, 1.54) is 0 Å². The Hall–Kier alpha value is -5.10. The first kappa shape index (κ1) is 24.2. The van der Waals surface area contributed by atoms with Crippen LogP contribution in [0, 0.1) is 31.1 Å². The molecule has 0 radical (unpaired) electrons. The fraction of sp³-hybridized carbons (Fsp3) is 0.200. The molecule has 9 heteroatoms. The number of hydrogen-bond donors (Lipinski definition) is 1. The summed E-state index contributed by atoms with van der Waals surface area (Å²) in [5, 5.41) is 17.0. The highest BCUT2D eigenvalue weighted by molar-refractivity contribution is 6.07. The van der Waals surface area contributed by atoms with Gasteiger partial charge in [-0.1, -0.05) is 30.3 Å². The van der Waals surface area contributed by atoms with E-state index in [2.05, 4.69) is 16.5 Å². The van der Waals surface area contributed by atoms with Gasteiger partial charge in [0.15, 0.2) is 5.75 Å². The fourth-order valence-electron chi connectivity index (χ4n) is 4.96. The number of carbonyl (C=O) groups is 2. The molecule has 0 unspecified atom stereocenters. The summed E-state index contributed by atoms with van der Waals surface area (Å²) in [6.45, 7) is 4.92. The normalized spacial score (nSPS) is 13.3. The minimum absolute atomic E-state index is 0.112. The first-order valence-corrected chi connectivity index (χ1v) is 12.6. The molecular formula is C30H25N5O4. The molecule has 0 saturated carbocycles. The predicted molar refractivity (Wildman–Crippen MR) is 144 cm³/mol. The smallest absolute Gasteiger partial charge is 0.255 e. The van der Waals surface area contributed by atoms with E-state index < -0.39 is 0 Å². The maximum atomic E-state index is 13.0. The number of nitrogens with zero attached hydrogens (tertiary/aromatic N) is 4. The summed E-state index contributed by atoms with van der Waals surface area (Å²) in [5.41, 5.74) is 3.99. The van der Waals surface area contributed by atoms with Gasteiger partial charge >= 0.3 is 0 Å². The molecule has 2 amide bonds. The van der Waals surface area contributed by atoms with Crippen molar-refractivity contribution >= 4 is 28.3 Å². The highest BCUT2D eigenvalue weighted by Gasteiger charge is 2.33. The second kappa shape index (κ2) is 9.65. The molecule has 1 fully saturated rings. The summed E-state index contributed by atoms with van der Waals surface area (Å²) in [4.78, 5) is 27.6. The van der Waals surface area contributed by atoms with Crippen LogP contribution < -0.4 is 10.1 Å². The first-order chi connectivity index (χ1) is 18.9. The molecule has 0 atom stereocenters. The molecule has 0 spiro atoms. The molecule has 0 aliphatic carbocycles. The highest BCUT2D eigenvalue weighted by atomic mass is 16.5. The number of rotatable bonds is 6. The number of benzene rings is 2. The Kier molecular flexibility index (Phi) is 6.00. The lowest BCUT2D eigenvalue weighted by Crippen LogP contribution is -2.49. The maximum Gasteiger partial charge on any atom is 0.255 e. The van der Waals surface area contributed by atoms with Gasteiger partial charge in [0.25, 0.3) is 11.8 Å². The van der Waals surface area contributed by atoms with Crippen molar-refractivity contribution in [3.8, 4) is 17.6 Å². The maximum absolute atomic E-state index is 13.0. The molecule has 39 heavy (non-hydrogen) atoms. The number of aromatic nitrogens is 2. The van der Waals surface area contributed by atoms with Gasteiger partial charge in [0, 0.05) is 43.4 Å². The van der Waals surface area contributed by atoms with Gasteiger partial charge in [-0.2, -0.15) is 10.4 Å². The number of hydrogen-bond acceptors (Lipinski definition) is 6. The van der Waals surface area contributed by atoms with Crippen LogP contribution >= 0.6 is 0 Å². The first-order valence-electron chi connectivity index (χ1n) is 12.6. The molecule has 2 aromatic carbocycles. The second-order valence-corrected chi connectivity index (χ2v) is 9.65. The molecule has 1 aliphatic heterocycles. The van der Waals surface area contributed by atoms with Gasteiger partial charge in [0.2, 0.25) is 0 Å². The SMILES string of the molecule is Cc1oc2cc(Oc3ccnn4cc(C(=O)N5CC(C#N)C5)c(C)c34)ccc2c1C(=O)NCc1ccccc1. The minimum Gasteiger partial charge on any atom is -0.460 e.